The van der Waals surface area contributed by atoms with Crippen LogP contribution in [0.2, 0.25) is 0 Å². The lowest BCUT2D eigenvalue weighted by atomic mass is 9.98. The molecule has 1 aliphatic heterocycles. The first-order chi connectivity index (χ1) is 13.3. The number of amides is 1. The lowest BCUT2D eigenvalue weighted by molar-refractivity contribution is 0.0692. The van der Waals surface area contributed by atoms with E-state index in [4.69, 9.17) is 0 Å². The van der Waals surface area contributed by atoms with E-state index in [2.05, 4.69) is 27.2 Å². The van der Waals surface area contributed by atoms with E-state index in [1.54, 1.807) is 18.9 Å². The van der Waals surface area contributed by atoms with Crippen LogP contribution in [0.25, 0.3) is 21.7 Å². The molecule has 6 heteroatoms. The van der Waals surface area contributed by atoms with E-state index in [0.29, 0.717) is 24.7 Å². The fourth-order valence-electron chi connectivity index (χ4n) is 4.00. The van der Waals surface area contributed by atoms with Gasteiger partial charge < -0.3 is 4.90 Å². The van der Waals surface area contributed by atoms with Crippen molar-refractivity contribution in [3.63, 3.8) is 0 Å². The smallest absolute Gasteiger partial charge is 0.256 e. The van der Waals surface area contributed by atoms with Gasteiger partial charge in [-0.1, -0.05) is 30.3 Å². The summed E-state index contributed by atoms with van der Waals surface area (Å²) in [6.45, 7) is 1.43. The number of nitrogens with zero attached hydrogens (tertiary/aromatic N) is 5. The maximum Gasteiger partial charge on any atom is 0.256 e. The quantitative estimate of drug-likeness (QED) is 0.516. The predicted octanol–water partition coefficient (Wildman–Crippen LogP) is 3.46. The second-order valence-electron chi connectivity index (χ2n) is 6.94. The normalized spacial score (nSPS) is 15.5. The van der Waals surface area contributed by atoms with Gasteiger partial charge in [-0.2, -0.15) is 5.10 Å². The molecule has 2 aromatic carbocycles. The van der Waals surface area contributed by atoms with Crippen LogP contribution in [0.1, 0.15) is 29.2 Å². The maximum absolute atomic E-state index is 13.3. The molecule has 4 aromatic rings. The van der Waals surface area contributed by atoms with Crippen LogP contribution in [-0.4, -0.2) is 43.6 Å². The number of benzene rings is 2. The van der Waals surface area contributed by atoms with Gasteiger partial charge in [0.05, 0.1) is 17.1 Å². The zero-order valence-corrected chi connectivity index (χ0v) is 14.8. The monoisotopic (exact) mass is 357 g/mol. The van der Waals surface area contributed by atoms with Crippen LogP contribution in [0, 0.1) is 0 Å². The number of hydrogen-bond acceptors (Lipinski definition) is 4. The molecule has 27 heavy (non-hydrogen) atoms. The van der Waals surface area contributed by atoms with Crippen molar-refractivity contribution >= 4 is 27.6 Å². The molecule has 0 aliphatic carbocycles. The molecule has 3 heterocycles. The number of fused-ring (bicyclic) bond motifs is 3. The maximum atomic E-state index is 13.3. The Morgan fingerprint density at radius 1 is 1.04 bits per heavy atom. The minimum absolute atomic E-state index is 0.0569. The predicted molar refractivity (Wildman–Crippen MR) is 103 cm³/mol. The van der Waals surface area contributed by atoms with Crippen molar-refractivity contribution in [2.45, 2.75) is 18.9 Å². The molecule has 0 spiro atoms. The number of hydrogen-bond donors (Lipinski definition) is 0. The van der Waals surface area contributed by atoms with Gasteiger partial charge in [-0.3, -0.25) is 9.78 Å². The summed E-state index contributed by atoms with van der Waals surface area (Å²) in [7, 11) is 0. The summed E-state index contributed by atoms with van der Waals surface area (Å²) in [4.78, 5) is 23.8. The van der Waals surface area contributed by atoms with Crippen molar-refractivity contribution < 1.29 is 4.79 Å². The Hall–Kier alpha value is -3.28. The number of piperidine rings is 1. The van der Waals surface area contributed by atoms with Gasteiger partial charge in [0, 0.05) is 24.7 Å². The van der Waals surface area contributed by atoms with E-state index in [1.165, 1.54) is 0 Å². The Morgan fingerprint density at radius 2 is 1.85 bits per heavy atom. The first-order valence-electron chi connectivity index (χ1n) is 9.21. The summed E-state index contributed by atoms with van der Waals surface area (Å²) < 4.78 is 1.90. The summed E-state index contributed by atoms with van der Waals surface area (Å²) in [5.74, 6) is 0.0569. The average Bonchev–Trinajstić information content (AvgIpc) is 3.28. The highest BCUT2D eigenvalue weighted by Gasteiger charge is 2.26. The standard InChI is InChI=1S/C21H19N5O/c27-21(25-10-7-16(8-11-25)26-14-22-13-24-26)19-12-15-4-1-2-5-17(15)18-6-3-9-23-20(18)19/h1-6,9,12-14,16H,7-8,10-11H2. The first-order valence-corrected chi connectivity index (χ1v) is 9.21. The third-order valence-electron chi connectivity index (χ3n) is 5.41. The Labute approximate surface area is 156 Å². The van der Waals surface area contributed by atoms with E-state index >= 15 is 0 Å². The van der Waals surface area contributed by atoms with Gasteiger partial charge in [-0.05, 0) is 35.7 Å². The highest BCUT2D eigenvalue weighted by atomic mass is 16.2. The lowest BCUT2D eigenvalue weighted by Gasteiger charge is -2.32. The molecule has 2 aromatic heterocycles. The number of aromatic nitrogens is 4. The van der Waals surface area contributed by atoms with Gasteiger partial charge in [0.1, 0.15) is 12.7 Å². The van der Waals surface area contributed by atoms with Gasteiger partial charge in [0.25, 0.3) is 5.91 Å². The third kappa shape index (κ3) is 2.73. The molecule has 0 radical (unpaired) electrons. The van der Waals surface area contributed by atoms with Crippen LogP contribution in [-0.2, 0) is 0 Å². The minimum Gasteiger partial charge on any atom is -0.338 e. The van der Waals surface area contributed by atoms with Gasteiger partial charge in [0.2, 0.25) is 0 Å². The van der Waals surface area contributed by atoms with Crippen LogP contribution in [0.4, 0.5) is 0 Å². The summed E-state index contributed by atoms with van der Waals surface area (Å²) in [6, 6.07) is 14.4. The molecule has 0 N–H and O–H groups in total. The van der Waals surface area contributed by atoms with Crippen molar-refractivity contribution in [1.82, 2.24) is 24.6 Å². The Morgan fingerprint density at radius 3 is 2.67 bits per heavy atom. The van der Waals surface area contributed by atoms with Crippen molar-refractivity contribution in [3.05, 3.63) is 66.9 Å². The SMILES string of the molecule is O=C(c1cc2ccccc2c2cccnc12)N1CCC(n2cncn2)CC1. The molecule has 6 nitrogen and oxygen atoms in total. The van der Waals surface area contributed by atoms with Gasteiger partial charge >= 0.3 is 0 Å². The first kappa shape index (κ1) is 15.9. The summed E-state index contributed by atoms with van der Waals surface area (Å²) in [5, 5.41) is 7.45. The van der Waals surface area contributed by atoms with Crippen LogP contribution < -0.4 is 0 Å². The number of rotatable bonds is 2. The molecule has 1 amide bonds. The number of likely N-dealkylation sites (tertiary alicyclic amines) is 1. The van der Waals surface area contributed by atoms with Crippen molar-refractivity contribution in [2.24, 2.45) is 0 Å². The molecule has 1 fully saturated rings. The van der Waals surface area contributed by atoms with Crippen LogP contribution in [0.3, 0.4) is 0 Å². The number of carbonyl (C=O) groups is 1. The Kier molecular flexibility index (Phi) is 3.81. The molecule has 0 saturated carbocycles. The van der Waals surface area contributed by atoms with E-state index < -0.39 is 0 Å². The van der Waals surface area contributed by atoms with Crippen LogP contribution in [0.15, 0.2) is 61.3 Å². The van der Waals surface area contributed by atoms with E-state index in [9.17, 15) is 4.79 Å². The van der Waals surface area contributed by atoms with Gasteiger partial charge in [-0.25, -0.2) is 9.67 Å². The second-order valence-corrected chi connectivity index (χ2v) is 6.94. The fourth-order valence-corrected chi connectivity index (χ4v) is 4.00. The molecule has 5 rings (SSSR count). The molecule has 0 atom stereocenters. The Bertz CT molecular complexity index is 1110. The highest BCUT2D eigenvalue weighted by molar-refractivity contribution is 6.15. The number of pyridine rings is 1. The van der Waals surface area contributed by atoms with E-state index in [-0.39, 0.29) is 5.91 Å². The van der Waals surface area contributed by atoms with Gasteiger partial charge in [-0.15, -0.1) is 0 Å². The molecular weight excluding hydrogens is 338 g/mol. The van der Waals surface area contributed by atoms with E-state index in [0.717, 1.165) is 34.5 Å². The zero-order chi connectivity index (χ0) is 18.2. The van der Waals surface area contributed by atoms with E-state index in [1.807, 2.05) is 39.9 Å². The average molecular weight is 357 g/mol. The van der Waals surface area contributed by atoms with Crippen molar-refractivity contribution in [2.75, 3.05) is 13.1 Å². The molecule has 0 bridgehead atoms. The van der Waals surface area contributed by atoms with Crippen molar-refractivity contribution in [1.29, 1.82) is 0 Å². The molecule has 134 valence electrons. The summed E-state index contributed by atoms with van der Waals surface area (Å²) in [6.07, 6.45) is 6.83. The highest BCUT2D eigenvalue weighted by Crippen LogP contribution is 2.29. The van der Waals surface area contributed by atoms with Crippen LogP contribution >= 0.6 is 0 Å². The topological polar surface area (TPSA) is 63.9 Å². The molecule has 0 unspecified atom stereocenters. The Balaban J connectivity index is 1.49. The van der Waals surface area contributed by atoms with Crippen molar-refractivity contribution in [3.8, 4) is 0 Å². The zero-order valence-electron chi connectivity index (χ0n) is 14.8. The van der Waals surface area contributed by atoms with Crippen LogP contribution in [0.5, 0.6) is 0 Å². The molecule has 1 aliphatic rings. The fraction of sp³-hybridized carbons (Fsp3) is 0.238. The number of carbonyl (C=O) groups excluding carboxylic acids is 1. The molecule has 1 saturated heterocycles. The second kappa shape index (κ2) is 6.46. The third-order valence-corrected chi connectivity index (χ3v) is 5.41. The lowest BCUT2D eigenvalue weighted by Crippen LogP contribution is -2.39. The summed E-state index contributed by atoms with van der Waals surface area (Å²) in [5.41, 5.74) is 1.46. The molecular formula is C21H19N5O. The largest absolute Gasteiger partial charge is 0.338 e. The summed E-state index contributed by atoms with van der Waals surface area (Å²) >= 11 is 0. The minimum atomic E-state index is 0.0569. The van der Waals surface area contributed by atoms with Gasteiger partial charge in [0.15, 0.2) is 0 Å².